The second-order valence-corrected chi connectivity index (χ2v) is 6.41. The number of rotatable bonds is 3. The van der Waals surface area contributed by atoms with E-state index in [1.807, 2.05) is 18.4 Å². The maximum Gasteiger partial charge on any atom is 0.0623 e. The lowest BCUT2D eigenvalue weighted by Crippen LogP contribution is -2.43. The van der Waals surface area contributed by atoms with Crippen LogP contribution in [0.1, 0.15) is 23.4 Å². The van der Waals surface area contributed by atoms with E-state index in [1.54, 1.807) is 10.4 Å². The van der Waals surface area contributed by atoms with E-state index >= 15 is 0 Å². The van der Waals surface area contributed by atoms with Gasteiger partial charge in [-0.25, -0.2) is 0 Å². The van der Waals surface area contributed by atoms with Crippen LogP contribution >= 0.6 is 11.3 Å². The standard InChI is InChI=1S/C14H22N2OS/c1-10-12-4-6-18-14(12)3-5-16(10)7-11-8-17-9-13(11)15-2/h4,6,10-11,13,15H,3,5,7-9H2,1-2H3. The Kier molecular flexibility index (Phi) is 3.71. The minimum absolute atomic E-state index is 0.529. The van der Waals surface area contributed by atoms with Crippen LogP contribution in [0.25, 0.3) is 0 Å². The minimum atomic E-state index is 0.529. The van der Waals surface area contributed by atoms with E-state index in [2.05, 4.69) is 28.6 Å². The van der Waals surface area contributed by atoms with Crippen LogP contribution in [-0.4, -0.2) is 44.3 Å². The third-order valence-electron chi connectivity index (χ3n) is 4.44. The molecule has 18 heavy (non-hydrogen) atoms. The first-order valence-corrected chi connectivity index (χ1v) is 7.73. The zero-order chi connectivity index (χ0) is 12.5. The Morgan fingerprint density at radius 2 is 2.39 bits per heavy atom. The molecule has 0 radical (unpaired) electrons. The molecule has 0 saturated carbocycles. The molecule has 0 spiro atoms. The minimum Gasteiger partial charge on any atom is -0.379 e. The summed E-state index contributed by atoms with van der Waals surface area (Å²) in [6.07, 6.45) is 1.22. The van der Waals surface area contributed by atoms with Gasteiger partial charge in [-0.05, 0) is 37.4 Å². The summed E-state index contributed by atoms with van der Waals surface area (Å²) in [5.74, 6) is 0.637. The summed E-state index contributed by atoms with van der Waals surface area (Å²) in [7, 11) is 2.04. The predicted octanol–water partition coefficient (Wildman–Crippen LogP) is 1.90. The molecule has 1 saturated heterocycles. The first kappa shape index (κ1) is 12.6. The number of hydrogen-bond acceptors (Lipinski definition) is 4. The van der Waals surface area contributed by atoms with Crippen LogP contribution in [0.15, 0.2) is 11.4 Å². The maximum absolute atomic E-state index is 5.60. The summed E-state index contributed by atoms with van der Waals surface area (Å²) in [4.78, 5) is 4.21. The highest BCUT2D eigenvalue weighted by molar-refractivity contribution is 7.10. The number of likely N-dealkylation sites (N-methyl/N-ethyl adjacent to an activating group) is 1. The van der Waals surface area contributed by atoms with E-state index in [1.165, 1.54) is 13.0 Å². The van der Waals surface area contributed by atoms with Gasteiger partial charge in [0, 0.05) is 36.0 Å². The molecule has 3 nitrogen and oxygen atoms in total. The Morgan fingerprint density at radius 1 is 1.50 bits per heavy atom. The first-order valence-electron chi connectivity index (χ1n) is 6.85. The highest BCUT2D eigenvalue weighted by Crippen LogP contribution is 2.33. The topological polar surface area (TPSA) is 24.5 Å². The molecule has 0 aromatic carbocycles. The largest absolute Gasteiger partial charge is 0.379 e. The summed E-state index contributed by atoms with van der Waals surface area (Å²) < 4.78 is 5.60. The Labute approximate surface area is 113 Å². The second kappa shape index (κ2) is 5.29. The summed E-state index contributed by atoms with van der Waals surface area (Å²) in [5.41, 5.74) is 1.55. The van der Waals surface area contributed by atoms with Crippen LogP contribution in [-0.2, 0) is 11.2 Å². The predicted molar refractivity (Wildman–Crippen MR) is 75.2 cm³/mol. The molecular weight excluding hydrogens is 244 g/mol. The van der Waals surface area contributed by atoms with Crippen molar-refractivity contribution in [3.05, 3.63) is 21.9 Å². The zero-order valence-corrected chi connectivity index (χ0v) is 12.0. The van der Waals surface area contributed by atoms with E-state index < -0.39 is 0 Å². The van der Waals surface area contributed by atoms with Crippen molar-refractivity contribution in [2.24, 2.45) is 5.92 Å². The molecule has 1 aromatic heterocycles. The Balaban J connectivity index is 1.67. The van der Waals surface area contributed by atoms with Gasteiger partial charge in [-0.1, -0.05) is 0 Å². The van der Waals surface area contributed by atoms with Gasteiger partial charge in [-0.2, -0.15) is 0 Å². The average molecular weight is 266 g/mol. The van der Waals surface area contributed by atoms with Crippen LogP contribution < -0.4 is 5.32 Å². The van der Waals surface area contributed by atoms with E-state index in [-0.39, 0.29) is 0 Å². The number of hydrogen-bond donors (Lipinski definition) is 1. The summed E-state index contributed by atoms with van der Waals surface area (Å²) in [5, 5.41) is 5.62. The maximum atomic E-state index is 5.60. The van der Waals surface area contributed by atoms with Crippen LogP contribution in [0.4, 0.5) is 0 Å². The third kappa shape index (κ3) is 2.23. The molecule has 3 rings (SSSR count). The summed E-state index contributed by atoms with van der Waals surface area (Å²) in [6.45, 7) is 6.47. The van der Waals surface area contributed by atoms with Crippen LogP contribution in [0, 0.1) is 5.92 Å². The molecule has 2 aliphatic rings. The van der Waals surface area contributed by atoms with Gasteiger partial charge in [-0.15, -0.1) is 11.3 Å². The molecule has 2 aliphatic heterocycles. The monoisotopic (exact) mass is 266 g/mol. The van der Waals surface area contributed by atoms with Gasteiger partial charge in [-0.3, -0.25) is 4.90 Å². The van der Waals surface area contributed by atoms with Crippen molar-refractivity contribution in [3.8, 4) is 0 Å². The highest BCUT2D eigenvalue weighted by atomic mass is 32.1. The van der Waals surface area contributed by atoms with Gasteiger partial charge in [0.1, 0.15) is 0 Å². The molecule has 0 amide bonds. The van der Waals surface area contributed by atoms with E-state index in [9.17, 15) is 0 Å². The quantitative estimate of drug-likeness (QED) is 0.904. The first-order chi connectivity index (χ1) is 8.79. The van der Waals surface area contributed by atoms with Crippen LogP contribution in [0.3, 0.4) is 0 Å². The molecule has 0 aliphatic carbocycles. The van der Waals surface area contributed by atoms with Crippen molar-refractivity contribution < 1.29 is 4.74 Å². The molecule has 1 N–H and O–H groups in total. The lowest BCUT2D eigenvalue weighted by atomic mass is 9.97. The fourth-order valence-electron chi connectivity index (χ4n) is 3.21. The van der Waals surface area contributed by atoms with Crippen LogP contribution in [0.2, 0.25) is 0 Å². The molecule has 1 fully saturated rings. The van der Waals surface area contributed by atoms with Gasteiger partial charge in [0.05, 0.1) is 13.2 Å². The molecular formula is C14H22N2OS. The summed E-state index contributed by atoms with van der Waals surface area (Å²) >= 11 is 1.92. The Morgan fingerprint density at radius 3 is 3.22 bits per heavy atom. The second-order valence-electron chi connectivity index (χ2n) is 5.41. The lowest BCUT2D eigenvalue weighted by molar-refractivity contribution is 0.142. The average Bonchev–Trinajstić information content (AvgIpc) is 3.01. The van der Waals surface area contributed by atoms with Gasteiger partial charge in [0.15, 0.2) is 0 Å². The fourth-order valence-corrected chi connectivity index (χ4v) is 4.17. The van der Waals surface area contributed by atoms with Crippen molar-refractivity contribution in [2.75, 3.05) is 33.4 Å². The highest BCUT2D eigenvalue weighted by Gasteiger charge is 2.32. The van der Waals surface area contributed by atoms with Gasteiger partial charge >= 0.3 is 0 Å². The van der Waals surface area contributed by atoms with Crippen molar-refractivity contribution in [2.45, 2.75) is 25.4 Å². The lowest BCUT2D eigenvalue weighted by Gasteiger charge is -2.36. The number of thiophene rings is 1. The van der Waals surface area contributed by atoms with E-state index in [4.69, 9.17) is 4.74 Å². The molecule has 3 unspecified atom stereocenters. The Bertz CT molecular complexity index is 406. The number of ether oxygens (including phenoxy) is 1. The molecule has 100 valence electrons. The molecule has 1 aromatic rings. The van der Waals surface area contributed by atoms with E-state index in [0.29, 0.717) is 18.0 Å². The van der Waals surface area contributed by atoms with Crippen molar-refractivity contribution in [3.63, 3.8) is 0 Å². The van der Waals surface area contributed by atoms with Crippen molar-refractivity contribution in [1.29, 1.82) is 0 Å². The number of nitrogens with zero attached hydrogens (tertiary/aromatic N) is 1. The number of nitrogens with one attached hydrogen (secondary N) is 1. The van der Waals surface area contributed by atoms with Crippen molar-refractivity contribution >= 4 is 11.3 Å². The smallest absolute Gasteiger partial charge is 0.0623 e. The molecule has 3 heterocycles. The molecule has 4 heteroatoms. The van der Waals surface area contributed by atoms with E-state index in [0.717, 1.165) is 19.8 Å². The Hall–Kier alpha value is -0.420. The van der Waals surface area contributed by atoms with Gasteiger partial charge in [0.25, 0.3) is 0 Å². The SMILES string of the molecule is CNC1COCC1CN1CCc2sccc2C1C. The van der Waals surface area contributed by atoms with Gasteiger partial charge < -0.3 is 10.1 Å². The third-order valence-corrected chi connectivity index (χ3v) is 5.44. The fraction of sp³-hybridized carbons (Fsp3) is 0.714. The van der Waals surface area contributed by atoms with Gasteiger partial charge in [0.2, 0.25) is 0 Å². The summed E-state index contributed by atoms with van der Waals surface area (Å²) in [6, 6.07) is 3.40. The van der Waals surface area contributed by atoms with Crippen molar-refractivity contribution in [1.82, 2.24) is 10.2 Å². The van der Waals surface area contributed by atoms with Crippen LogP contribution in [0.5, 0.6) is 0 Å². The molecule has 0 bridgehead atoms. The number of fused-ring (bicyclic) bond motifs is 1. The zero-order valence-electron chi connectivity index (χ0n) is 11.2. The normalized spacial score (nSPS) is 32.7. The molecule has 3 atom stereocenters.